The second kappa shape index (κ2) is 7.09. The van der Waals surface area contributed by atoms with E-state index in [-0.39, 0.29) is 5.84 Å². The molecule has 1 aliphatic heterocycles. The quantitative estimate of drug-likeness (QED) is 0.656. The maximum absolute atomic E-state index is 7.45. The molecule has 0 spiro atoms. The Kier molecular flexibility index (Phi) is 5.44. The van der Waals surface area contributed by atoms with Crippen LogP contribution in [0.15, 0.2) is 18.2 Å². The number of rotatable bonds is 4. The van der Waals surface area contributed by atoms with E-state index in [0.717, 1.165) is 23.7 Å². The summed E-state index contributed by atoms with van der Waals surface area (Å²) >= 11 is 6.35. The van der Waals surface area contributed by atoms with Gasteiger partial charge in [-0.1, -0.05) is 43.5 Å². The molecule has 0 aromatic heterocycles. The van der Waals surface area contributed by atoms with Gasteiger partial charge in [-0.05, 0) is 37.4 Å². The van der Waals surface area contributed by atoms with Gasteiger partial charge < -0.3 is 5.73 Å². The molecule has 0 amide bonds. The Bertz CT molecular complexity index is 473. The zero-order chi connectivity index (χ0) is 14.5. The zero-order valence-corrected chi connectivity index (χ0v) is 12.9. The van der Waals surface area contributed by atoms with Crippen LogP contribution in [0.5, 0.6) is 0 Å². The third kappa shape index (κ3) is 3.74. The summed E-state index contributed by atoms with van der Waals surface area (Å²) in [7, 11) is 0. The second-order valence-corrected chi connectivity index (χ2v) is 6.01. The maximum Gasteiger partial charge on any atom is 0.122 e. The van der Waals surface area contributed by atoms with Gasteiger partial charge in [-0.25, -0.2) is 0 Å². The molecule has 0 radical (unpaired) electrons. The van der Waals surface area contributed by atoms with Crippen molar-refractivity contribution in [2.45, 2.75) is 51.6 Å². The first-order valence-electron chi connectivity index (χ1n) is 7.48. The highest BCUT2D eigenvalue weighted by Crippen LogP contribution is 2.25. The van der Waals surface area contributed by atoms with E-state index in [1.54, 1.807) is 6.07 Å². The number of nitrogens with two attached hydrogens (primary N) is 1. The zero-order valence-electron chi connectivity index (χ0n) is 12.2. The summed E-state index contributed by atoms with van der Waals surface area (Å²) in [6, 6.07) is 6.37. The molecule has 4 heteroatoms. The highest BCUT2D eigenvalue weighted by molar-refractivity contribution is 6.31. The summed E-state index contributed by atoms with van der Waals surface area (Å²) in [5.74, 6) is 0.0691. The topological polar surface area (TPSA) is 53.1 Å². The van der Waals surface area contributed by atoms with Crippen molar-refractivity contribution in [2.24, 2.45) is 5.73 Å². The predicted octanol–water partition coefficient (Wildman–Crippen LogP) is 3.78. The summed E-state index contributed by atoms with van der Waals surface area (Å²) in [6.07, 6.45) is 6.44. The minimum absolute atomic E-state index is 0.0691. The van der Waals surface area contributed by atoms with Crippen LogP contribution in [0, 0.1) is 5.41 Å². The molecule has 1 atom stereocenters. The molecule has 1 fully saturated rings. The standard InChI is InChI=1S/C16H24ClN3/c1-2-14-6-4-3-5-9-20(14)11-13-8-7-12(16(18)19)10-15(13)17/h7-8,10,14H,2-6,9,11H2,1H3,(H3,18,19). The molecule has 0 bridgehead atoms. The number of halogens is 1. The normalized spacial score (nSPS) is 20.6. The van der Waals surface area contributed by atoms with Crippen molar-refractivity contribution in [3.8, 4) is 0 Å². The number of nitrogens with zero attached hydrogens (tertiary/aromatic N) is 1. The summed E-state index contributed by atoms with van der Waals surface area (Å²) < 4.78 is 0. The Morgan fingerprint density at radius 2 is 2.20 bits per heavy atom. The van der Waals surface area contributed by atoms with Crippen LogP contribution in [0.2, 0.25) is 5.02 Å². The van der Waals surface area contributed by atoms with Crippen molar-refractivity contribution in [2.75, 3.05) is 6.54 Å². The van der Waals surface area contributed by atoms with Crippen molar-refractivity contribution in [1.29, 1.82) is 5.41 Å². The largest absolute Gasteiger partial charge is 0.384 e. The van der Waals surface area contributed by atoms with E-state index in [1.165, 1.54) is 32.1 Å². The average molecular weight is 294 g/mol. The lowest BCUT2D eigenvalue weighted by Gasteiger charge is -2.29. The van der Waals surface area contributed by atoms with Gasteiger partial charge in [0.15, 0.2) is 0 Å². The van der Waals surface area contributed by atoms with E-state index < -0.39 is 0 Å². The third-order valence-corrected chi connectivity index (χ3v) is 4.56. The van der Waals surface area contributed by atoms with E-state index in [0.29, 0.717) is 11.6 Å². The summed E-state index contributed by atoms with van der Waals surface area (Å²) in [5.41, 5.74) is 7.33. The highest BCUT2D eigenvalue weighted by Gasteiger charge is 2.20. The van der Waals surface area contributed by atoms with Gasteiger partial charge in [0.2, 0.25) is 0 Å². The lowest BCUT2D eigenvalue weighted by atomic mass is 10.1. The number of nitrogen functional groups attached to an aromatic ring is 1. The van der Waals surface area contributed by atoms with Crippen molar-refractivity contribution >= 4 is 17.4 Å². The van der Waals surface area contributed by atoms with Crippen molar-refractivity contribution in [3.05, 3.63) is 34.3 Å². The van der Waals surface area contributed by atoms with E-state index >= 15 is 0 Å². The fourth-order valence-electron chi connectivity index (χ4n) is 2.97. The third-order valence-electron chi connectivity index (χ3n) is 4.21. The van der Waals surface area contributed by atoms with Crippen molar-refractivity contribution in [3.63, 3.8) is 0 Å². The molecule has 110 valence electrons. The molecule has 20 heavy (non-hydrogen) atoms. The van der Waals surface area contributed by atoms with E-state index in [9.17, 15) is 0 Å². The number of amidine groups is 1. The SMILES string of the molecule is CCC1CCCCCN1Cc1ccc(C(=N)N)cc1Cl. The predicted molar refractivity (Wildman–Crippen MR) is 85.4 cm³/mol. The Morgan fingerprint density at radius 3 is 2.85 bits per heavy atom. The second-order valence-electron chi connectivity index (χ2n) is 5.60. The van der Waals surface area contributed by atoms with Crippen LogP contribution in [0.4, 0.5) is 0 Å². The minimum Gasteiger partial charge on any atom is -0.384 e. The van der Waals surface area contributed by atoms with Gasteiger partial charge in [0.25, 0.3) is 0 Å². The summed E-state index contributed by atoms with van der Waals surface area (Å²) in [4.78, 5) is 2.56. The van der Waals surface area contributed by atoms with Gasteiger partial charge in [0.05, 0.1) is 0 Å². The smallest absolute Gasteiger partial charge is 0.122 e. The van der Waals surface area contributed by atoms with E-state index in [1.807, 2.05) is 12.1 Å². The summed E-state index contributed by atoms with van der Waals surface area (Å²) in [6.45, 7) is 4.32. The monoisotopic (exact) mass is 293 g/mol. The molecule has 1 aliphatic rings. The van der Waals surface area contributed by atoms with Gasteiger partial charge in [0, 0.05) is 23.2 Å². The molecule has 1 unspecified atom stereocenters. The molecular weight excluding hydrogens is 270 g/mol. The van der Waals surface area contributed by atoms with Crippen LogP contribution in [0.3, 0.4) is 0 Å². The van der Waals surface area contributed by atoms with Gasteiger partial charge >= 0.3 is 0 Å². The van der Waals surface area contributed by atoms with Gasteiger partial charge in [-0.3, -0.25) is 10.3 Å². The molecule has 0 saturated carbocycles. The van der Waals surface area contributed by atoms with Gasteiger partial charge in [0.1, 0.15) is 5.84 Å². The lowest BCUT2D eigenvalue weighted by molar-refractivity contribution is 0.186. The van der Waals surface area contributed by atoms with Crippen molar-refractivity contribution in [1.82, 2.24) is 4.90 Å². The molecule has 3 N–H and O–H groups in total. The molecule has 2 rings (SSSR count). The van der Waals surface area contributed by atoms with Gasteiger partial charge in [-0.2, -0.15) is 0 Å². The molecule has 1 heterocycles. The van der Waals surface area contributed by atoms with Crippen LogP contribution >= 0.6 is 11.6 Å². The number of likely N-dealkylation sites (tertiary alicyclic amines) is 1. The van der Waals surface area contributed by atoms with Crippen LogP contribution in [0.25, 0.3) is 0 Å². The number of hydrogen-bond donors (Lipinski definition) is 2. The Balaban J connectivity index is 2.13. The molecule has 1 saturated heterocycles. The fourth-order valence-corrected chi connectivity index (χ4v) is 3.21. The van der Waals surface area contributed by atoms with E-state index in [4.69, 9.17) is 22.7 Å². The number of hydrogen-bond acceptors (Lipinski definition) is 2. The average Bonchev–Trinajstić information content (AvgIpc) is 2.65. The molecule has 1 aromatic carbocycles. The lowest BCUT2D eigenvalue weighted by Crippen LogP contribution is -2.33. The minimum atomic E-state index is 0.0691. The first-order chi connectivity index (χ1) is 9.61. The Hall–Kier alpha value is -1.06. The van der Waals surface area contributed by atoms with Crippen LogP contribution < -0.4 is 5.73 Å². The Morgan fingerprint density at radius 1 is 1.40 bits per heavy atom. The Labute approximate surface area is 126 Å². The first kappa shape index (κ1) is 15.3. The number of benzene rings is 1. The highest BCUT2D eigenvalue weighted by atomic mass is 35.5. The van der Waals surface area contributed by atoms with Crippen LogP contribution in [-0.2, 0) is 6.54 Å². The molecular formula is C16H24ClN3. The van der Waals surface area contributed by atoms with Crippen molar-refractivity contribution < 1.29 is 0 Å². The van der Waals surface area contributed by atoms with E-state index in [2.05, 4.69) is 11.8 Å². The van der Waals surface area contributed by atoms with Crippen LogP contribution in [0.1, 0.15) is 50.2 Å². The fraction of sp³-hybridized carbons (Fsp3) is 0.562. The number of nitrogens with one attached hydrogen (secondary N) is 1. The van der Waals surface area contributed by atoms with Gasteiger partial charge in [-0.15, -0.1) is 0 Å². The molecule has 0 aliphatic carbocycles. The molecule has 1 aromatic rings. The van der Waals surface area contributed by atoms with Crippen LogP contribution in [-0.4, -0.2) is 23.3 Å². The molecule has 3 nitrogen and oxygen atoms in total. The summed E-state index contributed by atoms with van der Waals surface area (Å²) in [5, 5.41) is 8.17. The first-order valence-corrected chi connectivity index (χ1v) is 7.86. The maximum atomic E-state index is 7.45.